The van der Waals surface area contributed by atoms with E-state index in [0.29, 0.717) is 35.1 Å². The van der Waals surface area contributed by atoms with E-state index in [1.807, 2.05) is 6.92 Å². The Morgan fingerprint density at radius 3 is 2.28 bits per heavy atom. The summed E-state index contributed by atoms with van der Waals surface area (Å²) in [5.41, 5.74) is 0.279. The molecule has 1 amide bonds. The Kier molecular flexibility index (Phi) is 6.48. The Labute approximate surface area is 188 Å². The molecule has 0 aliphatic carbocycles. The number of anilines is 1. The van der Waals surface area contributed by atoms with Crippen molar-refractivity contribution in [3.63, 3.8) is 0 Å². The van der Waals surface area contributed by atoms with Crippen molar-refractivity contribution in [2.24, 2.45) is 5.41 Å². The van der Waals surface area contributed by atoms with Crippen LogP contribution in [0.3, 0.4) is 0 Å². The second kappa shape index (κ2) is 8.94. The maximum Gasteiger partial charge on any atom is 0.294 e. The minimum absolute atomic E-state index is 0.0426. The minimum Gasteiger partial charge on any atom is -0.503 e. The largest absolute Gasteiger partial charge is 0.503 e. The molecule has 0 saturated carbocycles. The third-order valence-corrected chi connectivity index (χ3v) is 5.28. The van der Waals surface area contributed by atoms with Crippen LogP contribution in [-0.4, -0.2) is 37.6 Å². The van der Waals surface area contributed by atoms with Crippen molar-refractivity contribution in [1.82, 2.24) is 0 Å². The van der Waals surface area contributed by atoms with Gasteiger partial charge in [-0.1, -0.05) is 39.0 Å². The van der Waals surface area contributed by atoms with E-state index in [0.717, 1.165) is 0 Å². The quantitative estimate of drug-likeness (QED) is 0.678. The number of para-hydroxylation sites is 2. The SMILES string of the molecule is CCOc1cc(C2C(C(=O)C(C)(C)C)=C(O)C(=O)N2c2ccccc2OC)ccc1OC. The Balaban J connectivity index is 2.27. The zero-order chi connectivity index (χ0) is 23.6. The van der Waals surface area contributed by atoms with Crippen LogP contribution in [0.25, 0.3) is 0 Å². The molecule has 2 aromatic rings. The number of aliphatic hydroxyl groups excluding tert-OH is 1. The highest BCUT2D eigenvalue weighted by atomic mass is 16.5. The fraction of sp³-hybridized carbons (Fsp3) is 0.360. The molecule has 0 aromatic heterocycles. The number of hydrogen-bond donors (Lipinski definition) is 1. The number of ether oxygens (including phenoxy) is 3. The number of aliphatic hydroxyl groups is 1. The summed E-state index contributed by atoms with van der Waals surface area (Å²) in [5, 5.41) is 10.9. The van der Waals surface area contributed by atoms with E-state index in [-0.39, 0.29) is 11.4 Å². The molecule has 2 aromatic carbocycles. The predicted octanol–water partition coefficient (Wildman–Crippen LogP) is 4.62. The lowest BCUT2D eigenvalue weighted by Crippen LogP contribution is -2.33. The van der Waals surface area contributed by atoms with Gasteiger partial charge in [-0.15, -0.1) is 0 Å². The molecule has 1 aliphatic heterocycles. The zero-order valence-corrected chi connectivity index (χ0v) is 19.3. The van der Waals surface area contributed by atoms with Crippen molar-refractivity contribution in [1.29, 1.82) is 0 Å². The van der Waals surface area contributed by atoms with Crippen LogP contribution in [0.5, 0.6) is 17.2 Å². The summed E-state index contributed by atoms with van der Waals surface area (Å²) in [6.45, 7) is 7.52. The molecule has 3 rings (SSSR count). The van der Waals surface area contributed by atoms with E-state index in [2.05, 4.69) is 0 Å². The molecular weight excluding hydrogens is 410 g/mol. The molecule has 7 heteroatoms. The summed E-state index contributed by atoms with van der Waals surface area (Å²) in [6, 6.07) is 11.3. The van der Waals surface area contributed by atoms with Gasteiger partial charge in [-0.05, 0) is 36.8 Å². The molecule has 0 fully saturated rings. The third-order valence-electron chi connectivity index (χ3n) is 5.28. The average molecular weight is 440 g/mol. The number of carbonyl (C=O) groups is 2. The third kappa shape index (κ3) is 4.02. The first-order chi connectivity index (χ1) is 15.1. The van der Waals surface area contributed by atoms with Crippen LogP contribution >= 0.6 is 0 Å². The Morgan fingerprint density at radius 2 is 1.69 bits per heavy atom. The number of methoxy groups -OCH3 is 2. The molecule has 0 radical (unpaired) electrons. The van der Waals surface area contributed by atoms with Crippen molar-refractivity contribution in [3.05, 3.63) is 59.4 Å². The van der Waals surface area contributed by atoms with Crippen LogP contribution in [0, 0.1) is 5.41 Å². The summed E-state index contributed by atoms with van der Waals surface area (Å²) in [4.78, 5) is 28.1. The molecule has 0 spiro atoms. The van der Waals surface area contributed by atoms with Gasteiger partial charge in [-0.2, -0.15) is 0 Å². The number of amides is 1. The first-order valence-electron chi connectivity index (χ1n) is 10.4. The Bertz CT molecular complexity index is 1070. The fourth-order valence-electron chi connectivity index (χ4n) is 3.77. The summed E-state index contributed by atoms with van der Waals surface area (Å²) in [6.07, 6.45) is 0. The molecule has 1 aliphatic rings. The number of rotatable bonds is 7. The van der Waals surface area contributed by atoms with E-state index in [1.54, 1.807) is 63.2 Å². The first-order valence-corrected chi connectivity index (χ1v) is 10.4. The van der Waals surface area contributed by atoms with Crippen LogP contribution in [-0.2, 0) is 9.59 Å². The second-order valence-electron chi connectivity index (χ2n) is 8.43. The standard InChI is InChI=1S/C25H29NO6/c1-7-32-19-14-15(12-13-18(19)31-6)21-20(23(28)25(2,3)4)22(27)24(29)26(21)16-10-8-9-11-17(16)30-5/h8-14,21,27H,7H2,1-6H3. The number of carbonyl (C=O) groups excluding carboxylic acids is 2. The lowest BCUT2D eigenvalue weighted by atomic mass is 9.82. The maximum absolute atomic E-state index is 13.4. The van der Waals surface area contributed by atoms with E-state index in [9.17, 15) is 14.7 Å². The number of Topliss-reactive ketones (excluding diaryl/α,β-unsaturated/α-hetero) is 1. The summed E-state index contributed by atoms with van der Waals surface area (Å²) in [5.74, 6) is -0.0915. The van der Waals surface area contributed by atoms with Gasteiger partial charge in [-0.25, -0.2) is 0 Å². The van der Waals surface area contributed by atoms with Crippen LogP contribution in [0.15, 0.2) is 53.8 Å². The van der Waals surface area contributed by atoms with Gasteiger partial charge >= 0.3 is 0 Å². The van der Waals surface area contributed by atoms with Crippen LogP contribution < -0.4 is 19.1 Å². The van der Waals surface area contributed by atoms with E-state index in [4.69, 9.17) is 14.2 Å². The molecule has 0 bridgehead atoms. The molecule has 32 heavy (non-hydrogen) atoms. The average Bonchev–Trinajstić information content (AvgIpc) is 3.03. The van der Waals surface area contributed by atoms with Crippen LogP contribution in [0.1, 0.15) is 39.3 Å². The lowest BCUT2D eigenvalue weighted by molar-refractivity contribution is -0.123. The van der Waals surface area contributed by atoms with Gasteiger partial charge in [0.15, 0.2) is 23.0 Å². The van der Waals surface area contributed by atoms with Crippen molar-refractivity contribution < 1.29 is 28.9 Å². The summed E-state index contributed by atoms with van der Waals surface area (Å²) >= 11 is 0. The minimum atomic E-state index is -0.865. The van der Waals surface area contributed by atoms with E-state index < -0.39 is 23.1 Å². The topological polar surface area (TPSA) is 85.3 Å². The normalized spacial score (nSPS) is 16.4. The summed E-state index contributed by atoms with van der Waals surface area (Å²) in [7, 11) is 3.04. The Hall–Kier alpha value is -3.48. The first kappa shape index (κ1) is 23.2. The van der Waals surface area contributed by atoms with Gasteiger partial charge in [0.1, 0.15) is 5.75 Å². The lowest BCUT2D eigenvalue weighted by Gasteiger charge is -2.30. The molecule has 1 N–H and O–H groups in total. The molecular formula is C25H29NO6. The number of benzene rings is 2. The smallest absolute Gasteiger partial charge is 0.294 e. The number of hydrogen-bond acceptors (Lipinski definition) is 6. The molecule has 1 atom stereocenters. The summed E-state index contributed by atoms with van der Waals surface area (Å²) < 4.78 is 16.6. The molecule has 0 saturated heterocycles. The van der Waals surface area contributed by atoms with Crippen molar-refractivity contribution in [2.75, 3.05) is 25.7 Å². The van der Waals surface area contributed by atoms with Crippen LogP contribution in [0.4, 0.5) is 5.69 Å². The monoisotopic (exact) mass is 439 g/mol. The highest BCUT2D eigenvalue weighted by molar-refractivity contribution is 6.17. The van der Waals surface area contributed by atoms with Crippen molar-refractivity contribution in [3.8, 4) is 17.2 Å². The highest BCUT2D eigenvalue weighted by Gasteiger charge is 2.47. The second-order valence-corrected chi connectivity index (χ2v) is 8.43. The van der Waals surface area contributed by atoms with Gasteiger partial charge in [0.05, 0.1) is 38.1 Å². The van der Waals surface area contributed by atoms with Crippen LogP contribution in [0.2, 0.25) is 0 Å². The zero-order valence-electron chi connectivity index (χ0n) is 19.3. The molecule has 1 heterocycles. The van der Waals surface area contributed by atoms with Crippen molar-refractivity contribution in [2.45, 2.75) is 33.7 Å². The van der Waals surface area contributed by atoms with Crippen molar-refractivity contribution >= 4 is 17.4 Å². The van der Waals surface area contributed by atoms with Gasteiger partial charge < -0.3 is 19.3 Å². The maximum atomic E-state index is 13.4. The van der Waals surface area contributed by atoms with Gasteiger partial charge in [0.2, 0.25) is 0 Å². The number of nitrogens with zero attached hydrogens (tertiary/aromatic N) is 1. The van der Waals surface area contributed by atoms with E-state index >= 15 is 0 Å². The fourth-order valence-corrected chi connectivity index (χ4v) is 3.77. The van der Waals surface area contributed by atoms with Gasteiger partial charge in [0.25, 0.3) is 5.91 Å². The van der Waals surface area contributed by atoms with Gasteiger partial charge in [-0.3, -0.25) is 14.5 Å². The number of ketones is 1. The Morgan fingerprint density at radius 1 is 1.03 bits per heavy atom. The highest BCUT2D eigenvalue weighted by Crippen LogP contribution is 2.47. The molecule has 1 unspecified atom stereocenters. The molecule has 7 nitrogen and oxygen atoms in total. The van der Waals surface area contributed by atoms with E-state index in [1.165, 1.54) is 19.1 Å². The predicted molar refractivity (Wildman–Crippen MR) is 122 cm³/mol. The molecule has 170 valence electrons. The van der Waals surface area contributed by atoms with Gasteiger partial charge in [0, 0.05) is 5.41 Å².